The van der Waals surface area contributed by atoms with Crippen molar-refractivity contribution in [2.45, 2.75) is 44.5 Å². The van der Waals surface area contributed by atoms with Crippen molar-refractivity contribution in [1.82, 2.24) is 4.90 Å². The van der Waals surface area contributed by atoms with E-state index in [4.69, 9.17) is 11.6 Å². The van der Waals surface area contributed by atoms with Crippen molar-refractivity contribution in [3.05, 3.63) is 0 Å². The standard InChI is InChI=1S/C9H18ClN/c1-3-8(2)11-6-4-5-9(10)7-11/h8-9H,3-7H2,1-2H3. The molecule has 0 aliphatic carbocycles. The van der Waals surface area contributed by atoms with Crippen LogP contribution < -0.4 is 0 Å². The molecule has 0 saturated carbocycles. The first kappa shape index (κ1) is 9.34. The molecule has 2 heteroatoms. The molecule has 0 radical (unpaired) electrons. The van der Waals surface area contributed by atoms with Gasteiger partial charge >= 0.3 is 0 Å². The van der Waals surface area contributed by atoms with Crippen molar-refractivity contribution in [3.63, 3.8) is 0 Å². The highest BCUT2D eigenvalue weighted by atomic mass is 35.5. The van der Waals surface area contributed by atoms with Crippen LogP contribution in [0.1, 0.15) is 33.1 Å². The molecule has 1 rings (SSSR count). The zero-order chi connectivity index (χ0) is 8.27. The van der Waals surface area contributed by atoms with E-state index >= 15 is 0 Å². The zero-order valence-corrected chi connectivity index (χ0v) is 8.27. The van der Waals surface area contributed by atoms with Crippen LogP contribution in [0.15, 0.2) is 0 Å². The number of rotatable bonds is 2. The van der Waals surface area contributed by atoms with Crippen LogP contribution in [0.2, 0.25) is 0 Å². The first-order valence-corrected chi connectivity index (χ1v) is 5.05. The van der Waals surface area contributed by atoms with Gasteiger partial charge in [0.25, 0.3) is 0 Å². The highest BCUT2D eigenvalue weighted by Crippen LogP contribution is 2.17. The quantitative estimate of drug-likeness (QED) is 0.583. The van der Waals surface area contributed by atoms with Crippen LogP contribution >= 0.6 is 11.6 Å². The molecule has 1 heterocycles. The SMILES string of the molecule is CCC(C)N1CCCC(Cl)C1. The summed E-state index contributed by atoms with van der Waals surface area (Å²) in [6.45, 7) is 6.87. The highest BCUT2D eigenvalue weighted by molar-refractivity contribution is 6.20. The summed E-state index contributed by atoms with van der Waals surface area (Å²) in [7, 11) is 0. The maximum atomic E-state index is 6.07. The summed E-state index contributed by atoms with van der Waals surface area (Å²) in [5.74, 6) is 0. The molecule has 1 aliphatic rings. The summed E-state index contributed by atoms with van der Waals surface area (Å²) >= 11 is 6.07. The Kier molecular flexibility index (Phi) is 3.67. The molecule has 0 aromatic rings. The average Bonchev–Trinajstić information content (AvgIpc) is 2.03. The van der Waals surface area contributed by atoms with Crippen LogP contribution in [0.25, 0.3) is 0 Å². The Morgan fingerprint density at radius 1 is 1.64 bits per heavy atom. The molecule has 1 nitrogen and oxygen atoms in total. The van der Waals surface area contributed by atoms with E-state index in [1.54, 1.807) is 0 Å². The largest absolute Gasteiger partial charge is 0.299 e. The lowest BCUT2D eigenvalue weighted by Crippen LogP contribution is -2.41. The van der Waals surface area contributed by atoms with Crippen molar-refractivity contribution in [2.24, 2.45) is 0 Å². The summed E-state index contributed by atoms with van der Waals surface area (Å²) in [5.41, 5.74) is 0. The fraction of sp³-hybridized carbons (Fsp3) is 1.00. The normalized spacial score (nSPS) is 30.3. The van der Waals surface area contributed by atoms with Gasteiger partial charge in [-0.05, 0) is 32.7 Å². The summed E-state index contributed by atoms with van der Waals surface area (Å²) < 4.78 is 0. The molecular weight excluding hydrogens is 158 g/mol. The molecule has 1 fully saturated rings. The number of alkyl halides is 1. The summed E-state index contributed by atoms with van der Waals surface area (Å²) in [6.07, 6.45) is 3.72. The third-order valence-electron chi connectivity index (χ3n) is 2.61. The molecule has 0 aromatic heterocycles. The lowest BCUT2D eigenvalue weighted by atomic mass is 10.1. The van der Waals surface area contributed by atoms with Crippen molar-refractivity contribution >= 4 is 11.6 Å². The van der Waals surface area contributed by atoms with Crippen LogP contribution in [-0.2, 0) is 0 Å². The van der Waals surface area contributed by atoms with Crippen molar-refractivity contribution in [2.75, 3.05) is 13.1 Å². The van der Waals surface area contributed by atoms with E-state index in [-0.39, 0.29) is 0 Å². The van der Waals surface area contributed by atoms with Crippen LogP contribution in [0, 0.1) is 0 Å². The number of piperidine rings is 1. The van der Waals surface area contributed by atoms with Gasteiger partial charge in [0.05, 0.1) is 0 Å². The van der Waals surface area contributed by atoms with E-state index in [0.717, 1.165) is 12.6 Å². The second kappa shape index (κ2) is 4.32. The molecule has 0 amide bonds. The molecule has 66 valence electrons. The van der Waals surface area contributed by atoms with Crippen LogP contribution in [0.5, 0.6) is 0 Å². The molecule has 0 N–H and O–H groups in total. The predicted octanol–water partition coefficient (Wildman–Crippen LogP) is 2.49. The van der Waals surface area contributed by atoms with E-state index < -0.39 is 0 Å². The Balaban J connectivity index is 2.33. The van der Waals surface area contributed by atoms with Gasteiger partial charge in [-0.1, -0.05) is 6.92 Å². The minimum Gasteiger partial charge on any atom is -0.299 e. The number of hydrogen-bond acceptors (Lipinski definition) is 1. The Hall–Kier alpha value is 0.250. The Morgan fingerprint density at radius 2 is 2.36 bits per heavy atom. The van der Waals surface area contributed by atoms with E-state index in [1.165, 1.54) is 25.8 Å². The second-order valence-electron chi connectivity index (χ2n) is 3.49. The molecule has 0 aromatic carbocycles. The summed E-state index contributed by atoms with van der Waals surface area (Å²) in [5, 5.41) is 0.401. The number of nitrogens with zero attached hydrogens (tertiary/aromatic N) is 1. The van der Waals surface area contributed by atoms with E-state index in [2.05, 4.69) is 18.7 Å². The molecule has 1 saturated heterocycles. The minimum atomic E-state index is 0.401. The lowest BCUT2D eigenvalue weighted by molar-refractivity contribution is 0.173. The number of hydrogen-bond donors (Lipinski definition) is 0. The van der Waals surface area contributed by atoms with Gasteiger partial charge in [-0.15, -0.1) is 11.6 Å². The van der Waals surface area contributed by atoms with Gasteiger partial charge in [-0.25, -0.2) is 0 Å². The van der Waals surface area contributed by atoms with Crippen molar-refractivity contribution in [3.8, 4) is 0 Å². The Bertz CT molecular complexity index is 116. The molecule has 1 aliphatic heterocycles. The maximum Gasteiger partial charge on any atom is 0.0463 e. The Morgan fingerprint density at radius 3 is 2.91 bits per heavy atom. The Labute approximate surface area is 74.7 Å². The molecule has 2 atom stereocenters. The molecule has 2 unspecified atom stereocenters. The monoisotopic (exact) mass is 175 g/mol. The van der Waals surface area contributed by atoms with Gasteiger partial charge in [0, 0.05) is 18.0 Å². The van der Waals surface area contributed by atoms with E-state index in [0.29, 0.717) is 5.38 Å². The van der Waals surface area contributed by atoms with Gasteiger partial charge in [0.15, 0.2) is 0 Å². The first-order valence-electron chi connectivity index (χ1n) is 4.62. The predicted molar refractivity (Wildman–Crippen MR) is 50.2 cm³/mol. The molecule has 11 heavy (non-hydrogen) atoms. The van der Waals surface area contributed by atoms with Crippen molar-refractivity contribution in [1.29, 1.82) is 0 Å². The molecule has 0 spiro atoms. The fourth-order valence-corrected chi connectivity index (χ4v) is 1.94. The minimum absolute atomic E-state index is 0.401. The van der Waals surface area contributed by atoms with Gasteiger partial charge in [-0.3, -0.25) is 4.90 Å². The average molecular weight is 176 g/mol. The highest BCUT2D eigenvalue weighted by Gasteiger charge is 2.20. The van der Waals surface area contributed by atoms with Crippen LogP contribution in [0.3, 0.4) is 0 Å². The van der Waals surface area contributed by atoms with Gasteiger partial charge in [-0.2, -0.15) is 0 Å². The lowest BCUT2D eigenvalue weighted by Gasteiger charge is -2.34. The van der Waals surface area contributed by atoms with E-state index in [9.17, 15) is 0 Å². The molecular formula is C9H18ClN. The number of likely N-dealkylation sites (tertiary alicyclic amines) is 1. The van der Waals surface area contributed by atoms with Crippen molar-refractivity contribution < 1.29 is 0 Å². The fourth-order valence-electron chi connectivity index (χ4n) is 1.61. The second-order valence-corrected chi connectivity index (χ2v) is 4.11. The third kappa shape index (κ3) is 2.64. The van der Waals surface area contributed by atoms with Crippen LogP contribution in [-0.4, -0.2) is 29.4 Å². The van der Waals surface area contributed by atoms with Gasteiger partial charge in [0.2, 0.25) is 0 Å². The summed E-state index contributed by atoms with van der Waals surface area (Å²) in [6, 6.07) is 0.719. The summed E-state index contributed by atoms with van der Waals surface area (Å²) in [4.78, 5) is 2.50. The van der Waals surface area contributed by atoms with Gasteiger partial charge in [0.1, 0.15) is 0 Å². The number of halogens is 1. The third-order valence-corrected chi connectivity index (χ3v) is 2.97. The smallest absolute Gasteiger partial charge is 0.0463 e. The topological polar surface area (TPSA) is 3.24 Å². The van der Waals surface area contributed by atoms with Gasteiger partial charge < -0.3 is 0 Å². The van der Waals surface area contributed by atoms with Crippen LogP contribution in [0.4, 0.5) is 0 Å². The molecule has 0 bridgehead atoms. The van der Waals surface area contributed by atoms with E-state index in [1.807, 2.05) is 0 Å². The maximum absolute atomic E-state index is 6.07. The first-order chi connectivity index (χ1) is 5.24. The zero-order valence-electron chi connectivity index (χ0n) is 7.52.